The maximum absolute atomic E-state index is 12.0. The molecule has 124 valence electrons. The Morgan fingerprint density at radius 2 is 2.18 bits per heavy atom. The van der Waals surface area contributed by atoms with Crippen molar-refractivity contribution in [2.75, 3.05) is 13.1 Å². The zero-order valence-corrected chi connectivity index (χ0v) is 13.9. The highest BCUT2D eigenvalue weighted by atomic mass is 35.5. The van der Waals surface area contributed by atoms with E-state index in [1.165, 1.54) is 0 Å². The Morgan fingerprint density at radius 3 is 2.82 bits per heavy atom. The molecule has 0 spiro atoms. The Labute approximate surface area is 138 Å². The van der Waals surface area contributed by atoms with E-state index in [2.05, 4.69) is 5.32 Å². The number of amides is 1. The number of hydrogen-bond acceptors (Lipinski definition) is 4. The van der Waals surface area contributed by atoms with Gasteiger partial charge in [-0.25, -0.2) is 0 Å². The minimum absolute atomic E-state index is 0. The van der Waals surface area contributed by atoms with Crippen LogP contribution in [0.4, 0.5) is 0 Å². The molecular formula is C16H25ClN2O3. The first-order chi connectivity index (χ1) is 10.1. The van der Waals surface area contributed by atoms with Gasteiger partial charge in [-0.1, -0.05) is 18.2 Å². The third-order valence-corrected chi connectivity index (χ3v) is 3.65. The van der Waals surface area contributed by atoms with Crippen LogP contribution in [0.1, 0.15) is 25.3 Å². The monoisotopic (exact) mass is 328 g/mol. The van der Waals surface area contributed by atoms with Crippen molar-refractivity contribution in [1.29, 1.82) is 0 Å². The molecule has 2 rings (SSSR count). The van der Waals surface area contributed by atoms with E-state index in [1.54, 1.807) is 0 Å². The number of benzene rings is 1. The highest BCUT2D eigenvalue weighted by molar-refractivity contribution is 5.85. The van der Waals surface area contributed by atoms with Crippen molar-refractivity contribution in [2.45, 2.75) is 45.0 Å². The van der Waals surface area contributed by atoms with Crippen LogP contribution in [0.25, 0.3) is 0 Å². The van der Waals surface area contributed by atoms with Gasteiger partial charge in [0.2, 0.25) is 5.91 Å². The number of para-hydroxylation sites is 1. The molecule has 1 heterocycles. The van der Waals surface area contributed by atoms with Crippen molar-refractivity contribution in [3.8, 4) is 5.75 Å². The van der Waals surface area contributed by atoms with Crippen LogP contribution in [-0.4, -0.2) is 37.3 Å². The van der Waals surface area contributed by atoms with Gasteiger partial charge in [-0.3, -0.25) is 4.79 Å². The average Bonchev–Trinajstić information content (AvgIpc) is 2.96. The van der Waals surface area contributed by atoms with Crippen LogP contribution in [0.2, 0.25) is 0 Å². The molecule has 6 heteroatoms. The van der Waals surface area contributed by atoms with Gasteiger partial charge >= 0.3 is 0 Å². The topological polar surface area (TPSA) is 73.6 Å². The van der Waals surface area contributed by atoms with E-state index in [4.69, 9.17) is 15.2 Å². The van der Waals surface area contributed by atoms with Crippen molar-refractivity contribution < 1.29 is 14.3 Å². The fraction of sp³-hybridized carbons (Fsp3) is 0.562. The Hall–Kier alpha value is -1.30. The summed E-state index contributed by atoms with van der Waals surface area (Å²) in [6.45, 7) is 4.86. The lowest BCUT2D eigenvalue weighted by Crippen LogP contribution is -2.40. The van der Waals surface area contributed by atoms with Gasteiger partial charge in [-0.2, -0.15) is 0 Å². The van der Waals surface area contributed by atoms with Crippen LogP contribution in [0.3, 0.4) is 0 Å². The molecule has 0 saturated carbocycles. The molecule has 0 aromatic heterocycles. The molecule has 1 fully saturated rings. The van der Waals surface area contributed by atoms with Crippen LogP contribution in [0, 0.1) is 6.92 Å². The van der Waals surface area contributed by atoms with Gasteiger partial charge in [-0.05, 0) is 38.3 Å². The van der Waals surface area contributed by atoms with Crippen LogP contribution < -0.4 is 15.8 Å². The molecule has 5 nitrogen and oxygen atoms in total. The molecule has 1 aliphatic rings. The second-order valence-corrected chi connectivity index (χ2v) is 5.50. The van der Waals surface area contributed by atoms with Gasteiger partial charge in [0.1, 0.15) is 18.0 Å². The van der Waals surface area contributed by atoms with Crippen molar-refractivity contribution in [3.05, 3.63) is 29.8 Å². The zero-order chi connectivity index (χ0) is 15.2. The SMILES string of the molecule is Cc1ccccc1OC(C)CNC(=O)[C@@H]1CC[C@H](CN)O1.Cl. The first-order valence-corrected chi connectivity index (χ1v) is 7.45. The lowest BCUT2D eigenvalue weighted by molar-refractivity contribution is -0.132. The molecule has 0 radical (unpaired) electrons. The quantitative estimate of drug-likeness (QED) is 0.835. The molecule has 0 aliphatic carbocycles. The summed E-state index contributed by atoms with van der Waals surface area (Å²) in [4.78, 5) is 12.0. The number of ether oxygens (including phenoxy) is 2. The van der Waals surface area contributed by atoms with Crippen LogP contribution >= 0.6 is 12.4 Å². The van der Waals surface area contributed by atoms with E-state index < -0.39 is 0 Å². The standard InChI is InChI=1S/C16H24N2O3.ClH/c1-11-5-3-4-6-14(11)20-12(2)10-18-16(19)15-8-7-13(9-17)21-15;/h3-6,12-13,15H,7-10,17H2,1-2H3,(H,18,19);1H/t12?,13-,15+;/m1./s1. The maximum Gasteiger partial charge on any atom is 0.249 e. The minimum Gasteiger partial charge on any atom is -0.489 e. The molecular weight excluding hydrogens is 304 g/mol. The van der Waals surface area contributed by atoms with Crippen molar-refractivity contribution >= 4 is 18.3 Å². The predicted octanol–water partition coefficient (Wildman–Crippen LogP) is 1.81. The molecule has 3 N–H and O–H groups in total. The number of halogens is 1. The van der Waals surface area contributed by atoms with Gasteiger partial charge in [0.05, 0.1) is 12.6 Å². The Balaban J connectivity index is 0.00000242. The Morgan fingerprint density at radius 1 is 1.45 bits per heavy atom. The van der Waals surface area contributed by atoms with E-state index in [-0.39, 0.29) is 36.6 Å². The second-order valence-electron chi connectivity index (χ2n) is 5.50. The van der Waals surface area contributed by atoms with E-state index in [0.717, 1.165) is 24.2 Å². The van der Waals surface area contributed by atoms with E-state index in [0.29, 0.717) is 13.1 Å². The lowest BCUT2D eigenvalue weighted by Gasteiger charge is -2.18. The summed E-state index contributed by atoms with van der Waals surface area (Å²) in [7, 11) is 0. The van der Waals surface area contributed by atoms with E-state index >= 15 is 0 Å². The summed E-state index contributed by atoms with van der Waals surface area (Å²) in [5.74, 6) is 0.769. The number of hydrogen-bond donors (Lipinski definition) is 2. The first-order valence-electron chi connectivity index (χ1n) is 7.45. The number of carbonyl (C=O) groups is 1. The predicted molar refractivity (Wildman–Crippen MR) is 88.5 cm³/mol. The number of nitrogens with one attached hydrogen (secondary N) is 1. The van der Waals surface area contributed by atoms with E-state index in [9.17, 15) is 4.79 Å². The highest BCUT2D eigenvalue weighted by Crippen LogP contribution is 2.19. The largest absolute Gasteiger partial charge is 0.489 e. The summed E-state index contributed by atoms with van der Waals surface area (Å²) in [6, 6.07) is 7.84. The first kappa shape index (κ1) is 18.7. The molecule has 1 aromatic rings. The highest BCUT2D eigenvalue weighted by Gasteiger charge is 2.29. The van der Waals surface area contributed by atoms with Crippen LogP contribution in [0.15, 0.2) is 24.3 Å². The second kappa shape index (κ2) is 8.98. The summed E-state index contributed by atoms with van der Waals surface area (Å²) in [5, 5.41) is 2.88. The van der Waals surface area contributed by atoms with Gasteiger partial charge in [0.25, 0.3) is 0 Å². The molecule has 1 saturated heterocycles. The van der Waals surface area contributed by atoms with Crippen molar-refractivity contribution in [3.63, 3.8) is 0 Å². The maximum atomic E-state index is 12.0. The number of aryl methyl sites for hydroxylation is 1. The van der Waals surface area contributed by atoms with Crippen LogP contribution in [-0.2, 0) is 9.53 Å². The van der Waals surface area contributed by atoms with Gasteiger partial charge in [0, 0.05) is 6.54 Å². The fourth-order valence-electron chi connectivity index (χ4n) is 2.38. The molecule has 3 atom stereocenters. The van der Waals surface area contributed by atoms with Gasteiger partial charge in [0.15, 0.2) is 0 Å². The molecule has 0 bridgehead atoms. The normalized spacial score (nSPS) is 21.8. The molecule has 1 aromatic carbocycles. The molecule has 1 aliphatic heterocycles. The third-order valence-electron chi connectivity index (χ3n) is 3.65. The Kier molecular flexibility index (Phi) is 7.65. The van der Waals surface area contributed by atoms with E-state index in [1.807, 2.05) is 38.1 Å². The molecule has 1 unspecified atom stereocenters. The average molecular weight is 329 g/mol. The smallest absolute Gasteiger partial charge is 0.249 e. The van der Waals surface area contributed by atoms with Gasteiger partial charge in [-0.15, -0.1) is 12.4 Å². The van der Waals surface area contributed by atoms with Crippen molar-refractivity contribution in [2.24, 2.45) is 5.73 Å². The minimum atomic E-state index is -0.371. The lowest BCUT2D eigenvalue weighted by atomic mass is 10.2. The molecule has 22 heavy (non-hydrogen) atoms. The number of nitrogens with two attached hydrogens (primary N) is 1. The molecule has 1 amide bonds. The summed E-state index contributed by atoms with van der Waals surface area (Å²) in [6.07, 6.45) is 1.14. The van der Waals surface area contributed by atoms with Crippen LogP contribution in [0.5, 0.6) is 5.75 Å². The van der Waals surface area contributed by atoms with Gasteiger partial charge < -0.3 is 20.5 Å². The number of carbonyl (C=O) groups excluding carboxylic acids is 1. The fourth-order valence-corrected chi connectivity index (χ4v) is 2.38. The zero-order valence-electron chi connectivity index (χ0n) is 13.1. The summed E-state index contributed by atoms with van der Waals surface area (Å²) in [5.41, 5.74) is 6.63. The number of rotatable bonds is 6. The third kappa shape index (κ3) is 5.16. The summed E-state index contributed by atoms with van der Waals surface area (Å²) >= 11 is 0. The summed E-state index contributed by atoms with van der Waals surface area (Å²) < 4.78 is 11.4. The van der Waals surface area contributed by atoms with Crippen molar-refractivity contribution in [1.82, 2.24) is 5.32 Å². The Bertz CT molecular complexity index is 484.